The fourth-order valence-corrected chi connectivity index (χ4v) is 6.94. The molecule has 0 heterocycles. The van der Waals surface area contributed by atoms with Crippen LogP contribution in [-0.2, 0) is 0 Å². The van der Waals surface area contributed by atoms with Crippen molar-refractivity contribution in [3.63, 3.8) is 0 Å². The van der Waals surface area contributed by atoms with Gasteiger partial charge in [-0.05, 0) is 121 Å². The minimum absolute atomic E-state index is 0.0451. The van der Waals surface area contributed by atoms with Crippen LogP contribution in [0.1, 0.15) is 230 Å². The maximum absolute atomic E-state index is 8.63. The highest BCUT2D eigenvalue weighted by molar-refractivity contribution is 4.69. The first-order valence-electron chi connectivity index (χ1n) is 25.0. The van der Waals surface area contributed by atoms with Crippen LogP contribution >= 0.6 is 0 Å². The van der Waals surface area contributed by atoms with Crippen LogP contribution in [0, 0.1) is 67.5 Å². The third-order valence-corrected chi connectivity index (χ3v) is 9.63. The van der Waals surface area contributed by atoms with Gasteiger partial charge in [-0.15, -0.1) is 0 Å². The van der Waals surface area contributed by atoms with Gasteiger partial charge in [-0.2, -0.15) is 0 Å². The summed E-state index contributed by atoms with van der Waals surface area (Å²) in [5.74, 6) is 3.29. The van der Waals surface area contributed by atoms with Crippen LogP contribution in [-0.4, -0.2) is 105 Å². The van der Waals surface area contributed by atoms with Crippen LogP contribution in [0.15, 0.2) is 0 Å². The van der Waals surface area contributed by atoms with E-state index in [0.29, 0.717) is 89.7 Å². The summed E-state index contributed by atoms with van der Waals surface area (Å²) < 4.78 is 0. The Morgan fingerprint density at radius 3 is 0.391 bits per heavy atom. The first-order chi connectivity index (χ1) is 28.5. The molecule has 0 aromatic carbocycles. The molecule has 0 aliphatic rings. The Hall–Kier alpha value is -0.360. The minimum Gasteiger partial charge on any atom is -0.396 e. The summed E-state index contributed by atoms with van der Waals surface area (Å²) in [6.45, 7) is 53.6. The first kappa shape index (κ1) is 77.8. The molecule has 0 rings (SSSR count). The molecular weight excluding hydrogens is 805 g/mol. The molecule has 64 heavy (non-hydrogen) atoms. The van der Waals surface area contributed by atoms with Gasteiger partial charge in [-0.3, -0.25) is 0 Å². The Balaban J connectivity index is -0.000000119. The zero-order valence-electron chi connectivity index (χ0n) is 47.8. The Kier molecular flexibility index (Phi) is 50.6. The van der Waals surface area contributed by atoms with Crippen LogP contribution in [0.3, 0.4) is 0 Å². The summed E-state index contributed by atoms with van der Waals surface area (Å²) in [6, 6.07) is 0. The third kappa shape index (κ3) is 85.0. The number of aliphatic hydroxyl groups is 9. The topological polar surface area (TPSA) is 182 Å². The molecule has 9 nitrogen and oxygen atoms in total. The van der Waals surface area contributed by atoms with Crippen LogP contribution in [0.25, 0.3) is 0 Å². The Morgan fingerprint density at radius 2 is 0.344 bits per heavy atom. The average molecular weight is 930 g/mol. The molecule has 0 aromatic rings. The molecule has 0 bridgehead atoms. The SMILES string of the molecule is CC(C)(CO)CO.CC(C)(CO)CO.CC(CCO)CC(C)(C)C.CC(CCO)CC(C)(C)C.CC(CCO)CC(C)(C)C.CC(CCO)CC(C)(C)C.CC(CCO)CC(C)(C)C. The highest BCUT2D eigenvalue weighted by Crippen LogP contribution is 2.28. The van der Waals surface area contributed by atoms with Gasteiger partial charge in [0, 0.05) is 43.9 Å². The lowest BCUT2D eigenvalue weighted by Gasteiger charge is -2.22. The quantitative estimate of drug-likeness (QED) is 0.0609. The lowest BCUT2D eigenvalue weighted by molar-refractivity contribution is 0.0855. The van der Waals surface area contributed by atoms with E-state index in [-0.39, 0.29) is 37.3 Å². The lowest BCUT2D eigenvalue weighted by atomic mass is 9.84. The van der Waals surface area contributed by atoms with E-state index in [9.17, 15) is 0 Å². The smallest absolute Gasteiger partial charge is 0.0504 e. The summed E-state index contributed by atoms with van der Waals surface area (Å²) in [7, 11) is 0. The molecule has 0 saturated carbocycles. The Morgan fingerprint density at radius 1 is 0.234 bits per heavy atom. The van der Waals surface area contributed by atoms with Gasteiger partial charge in [0.05, 0.1) is 26.4 Å². The van der Waals surface area contributed by atoms with Gasteiger partial charge in [0.25, 0.3) is 0 Å². The maximum atomic E-state index is 8.63. The second-order valence-electron chi connectivity index (χ2n) is 26.9. The molecule has 0 spiro atoms. The minimum atomic E-state index is -0.306. The molecule has 9 heteroatoms. The lowest BCUT2D eigenvalue weighted by Crippen LogP contribution is -2.20. The summed E-state index contributed by atoms with van der Waals surface area (Å²) in [5, 5.41) is 76.9. The number of hydrogen-bond acceptors (Lipinski definition) is 9. The molecule has 0 radical (unpaired) electrons. The standard InChI is InChI=1S/5C9H20O.2C5H12O2/c5*1-8(5-6-10)7-9(2,3)4;2*1-5(2,3-6)4-7/h5*8,10H,5-7H2,1-4H3;2*6-7H,3-4H2,1-2H3. The van der Waals surface area contributed by atoms with E-state index in [1.807, 2.05) is 0 Å². The normalized spacial score (nSPS) is 14.6. The van der Waals surface area contributed by atoms with Crippen molar-refractivity contribution in [3.05, 3.63) is 0 Å². The van der Waals surface area contributed by atoms with Gasteiger partial charge in [0.1, 0.15) is 0 Å². The van der Waals surface area contributed by atoms with E-state index in [1.165, 1.54) is 32.1 Å². The van der Waals surface area contributed by atoms with Crippen molar-refractivity contribution in [2.45, 2.75) is 230 Å². The van der Waals surface area contributed by atoms with Crippen molar-refractivity contribution in [1.29, 1.82) is 0 Å². The predicted octanol–water partition coefficient (Wildman–Crippen LogP) is 12.2. The summed E-state index contributed by atoms with van der Waals surface area (Å²) in [6.07, 6.45) is 10.7. The van der Waals surface area contributed by atoms with Crippen molar-refractivity contribution in [1.82, 2.24) is 0 Å². The average Bonchev–Trinajstić information content (AvgIpc) is 3.06. The van der Waals surface area contributed by atoms with Gasteiger partial charge in [-0.25, -0.2) is 0 Å². The van der Waals surface area contributed by atoms with E-state index in [0.717, 1.165) is 32.1 Å². The largest absolute Gasteiger partial charge is 0.396 e. The Labute approximate surface area is 402 Å². The van der Waals surface area contributed by atoms with Crippen LogP contribution < -0.4 is 0 Å². The summed E-state index contributed by atoms with van der Waals surface area (Å²) >= 11 is 0. The van der Waals surface area contributed by atoms with E-state index in [4.69, 9.17) is 46.0 Å². The van der Waals surface area contributed by atoms with Crippen molar-refractivity contribution >= 4 is 0 Å². The molecule has 5 atom stereocenters. The molecule has 5 unspecified atom stereocenters. The van der Waals surface area contributed by atoms with Gasteiger partial charge < -0.3 is 46.0 Å². The highest BCUT2D eigenvalue weighted by atomic mass is 16.3. The highest BCUT2D eigenvalue weighted by Gasteiger charge is 2.18. The molecule has 0 aliphatic heterocycles. The molecule has 0 aliphatic carbocycles. The second kappa shape index (κ2) is 41.6. The predicted molar refractivity (Wildman–Crippen MR) is 281 cm³/mol. The fraction of sp³-hybridized carbons (Fsp3) is 1.00. The van der Waals surface area contributed by atoms with E-state index < -0.39 is 0 Å². The zero-order valence-corrected chi connectivity index (χ0v) is 47.8. The third-order valence-electron chi connectivity index (χ3n) is 9.63. The van der Waals surface area contributed by atoms with Gasteiger partial charge in [0.2, 0.25) is 0 Å². The van der Waals surface area contributed by atoms with E-state index >= 15 is 0 Å². The van der Waals surface area contributed by atoms with Gasteiger partial charge in [0.15, 0.2) is 0 Å². The van der Waals surface area contributed by atoms with Crippen molar-refractivity contribution in [2.24, 2.45) is 67.5 Å². The summed E-state index contributed by atoms with van der Waals surface area (Å²) in [5.41, 5.74) is 1.45. The van der Waals surface area contributed by atoms with Crippen LogP contribution in [0.4, 0.5) is 0 Å². The molecule has 0 aromatic heterocycles. The first-order valence-corrected chi connectivity index (χ1v) is 25.0. The molecule has 9 N–H and O–H groups in total. The van der Waals surface area contributed by atoms with Crippen LogP contribution in [0.2, 0.25) is 0 Å². The van der Waals surface area contributed by atoms with E-state index in [2.05, 4.69) is 138 Å². The van der Waals surface area contributed by atoms with Crippen molar-refractivity contribution < 1.29 is 46.0 Å². The van der Waals surface area contributed by atoms with E-state index in [1.54, 1.807) is 27.7 Å². The van der Waals surface area contributed by atoms with Crippen molar-refractivity contribution in [3.8, 4) is 0 Å². The van der Waals surface area contributed by atoms with Gasteiger partial charge in [-0.1, -0.05) is 166 Å². The number of hydrogen-bond donors (Lipinski definition) is 9. The van der Waals surface area contributed by atoms with Crippen molar-refractivity contribution in [2.75, 3.05) is 59.5 Å². The molecular formula is C55H124O9. The molecule has 0 saturated heterocycles. The number of rotatable bonds is 19. The number of aliphatic hydroxyl groups excluding tert-OH is 9. The van der Waals surface area contributed by atoms with Gasteiger partial charge >= 0.3 is 0 Å². The second-order valence-corrected chi connectivity index (χ2v) is 26.9. The molecule has 398 valence electrons. The zero-order chi connectivity index (χ0) is 52.8. The Bertz CT molecular complexity index is 764. The summed E-state index contributed by atoms with van der Waals surface area (Å²) in [4.78, 5) is 0. The monoisotopic (exact) mass is 929 g/mol. The fourth-order valence-electron chi connectivity index (χ4n) is 6.94. The maximum Gasteiger partial charge on any atom is 0.0504 e. The molecule has 0 amide bonds. The molecule has 0 fully saturated rings. The van der Waals surface area contributed by atoms with Crippen LogP contribution in [0.5, 0.6) is 0 Å².